The number of carbonyl (C=O) groups excluding carboxylic acids is 1. The van der Waals surface area contributed by atoms with Gasteiger partial charge < -0.3 is 11.1 Å². The molecule has 3 nitrogen and oxygen atoms in total. The summed E-state index contributed by atoms with van der Waals surface area (Å²) in [5, 5.41) is 3.16. The molecule has 0 aliphatic heterocycles. The van der Waals surface area contributed by atoms with E-state index in [1.54, 1.807) is 0 Å². The van der Waals surface area contributed by atoms with Gasteiger partial charge in [-0.2, -0.15) is 0 Å². The van der Waals surface area contributed by atoms with E-state index in [1.807, 2.05) is 0 Å². The monoisotopic (exact) mass is 310 g/mol. The Bertz CT molecular complexity index is 476. The van der Waals surface area contributed by atoms with Crippen LogP contribution in [0, 0.1) is 19.8 Å². The SMILES string of the molecule is Cc1ccc(CCC(=O)NC2CCCC2CN)c(C)c1.Cl. The Labute approximate surface area is 134 Å². The van der Waals surface area contributed by atoms with Crippen molar-refractivity contribution in [3.63, 3.8) is 0 Å². The summed E-state index contributed by atoms with van der Waals surface area (Å²) in [5.41, 5.74) is 9.57. The third-order valence-corrected chi connectivity index (χ3v) is 4.43. The van der Waals surface area contributed by atoms with Gasteiger partial charge in [0.25, 0.3) is 0 Å². The van der Waals surface area contributed by atoms with Gasteiger partial charge in [-0.1, -0.05) is 30.2 Å². The minimum atomic E-state index is 0. The zero-order chi connectivity index (χ0) is 14.5. The van der Waals surface area contributed by atoms with Crippen LogP contribution in [-0.4, -0.2) is 18.5 Å². The van der Waals surface area contributed by atoms with Gasteiger partial charge >= 0.3 is 0 Å². The van der Waals surface area contributed by atoms with Gasteiger partial charge in [0, 0.05) is 12.5 Å². The first kappa shape index (κ1) is 18.0. The Balaban J connectivity index is 0.00000220. The Kier molecular flexibility index (Phi) is 7.20. The lowest BCUT2D eigenvalue weighted by Crippen LogP contribution is -2.39. The van der Waals surface area contributed by atoms with E-state index in [9.17, 15) is 4.79 Å². The molecule has 2 unspecified atom stereocenters. The lowest BCUT2D eigenvalue weighted by molar-refractivity contribution is -0.122. The fourth-order valence-corrected chi connectivity index (χ4v) is 3.16. The second-order valence-corrected chi connectivity index (χ2v) is 6.03. The van der Waals surface area contributed by atoms with Crippen molar-refractivity contribution < 1.29 is 4.79 Å². The number of halogens is 1. The minimum absolute atomic E-state index is 0. The summed E-state index contributed by atoms with van der Waals surface area (Å²) in [7, 11) is 0. The average molecular weight is 311 g/mol. The fourth-order valence-electron chi connectivity index (χ4n) is 3.16. The van der Waals surface area contributed by atoms with Gasteiger partial charge in [-0.3, -0.25) is 4.79 Å². The lowest BCUT2D eigenvalue weighted by Gasteiger charge is -2.19. The van der Waals surface area contributed by atoms with Crippen LogP contribution in [0.3, 0.4) is 0 Å². The van der Waals surface area contributed by atoms with Crippen LogP contribution >= 0.6 is 12.4 Å². The highest BCUT2D eigenvalue weighted by Gasteiger charge is 2.27. The van der Waals surface area contributed by atoms with Crippen LogP contribution < -0.4 is 11.1 Å². The number of nitrogens with two attached hydrogens (primary N) is 1. The number of benzene rings is 1. The van der Waals surface area contributed by atoms with Crippen molar-refractivity contribution in [2.45, 2.75) is 52.0 Å². The van der Waals surface area contributed by atoms with Gasteiger partial charge in [0.15, 0.2) is 0 Å². The largest absolute Gasteiger partial charge is 0.353 e. The number of amides is 1. The number of hydrogen-bond donors (Lipinski definition) is 2. The van der Waals surface area contributed by atoms with Crippen LogP contribution in [0.1, 0.15) is 42.4 Å². The van der Waals surface area contributed by atoms with Crippen LogP contribution in [0.25, 0.3) is 0 Å². The molecule has 1 fully saturated rings. The molecule has 0 spiro atoms. The van der Waals surface area contributed by atoms with Crippen molar-refractivity contribution in [3.05, 3.63) is 34.9 Å². The number of nitrogens with one attached hydrogen (secondary N) is 1. The molecule has 0 aromatic heterocycles. The van der Waals surface area contributed by atoms with Crippen molar-refractivity contribution in [2.24, 2.45) is 11.7 Å². The van der Waals surface area contributed by atoms with Gasteiger partial charge in [0.2, 0.25) is 5.91 Å². The van der Waals surface area contributed by atoms with Gasteiger partial charge in [0.1, 0.15) is 0 Å². The van der Waals surface area contributed by atoms with E-state index >= 15 is 0 Å². The van der Waals surface area contributed by atoms with Crippen molar-refractivity contribution in [1.29, 1.82) is 0 Å². The molecule has 0 heterocycles. The summed E-state index contributed by atoms with van der Waals surface area (Å²) in [5.74, 6) is 0.635. The molecule has 2 atom stereocenters. The Hall–Kier alpha value is -1.06. The second-order valence-electron chi connectivity index (χ2n) is 6.03. The maximum absolute atomic E-state index is 12.1. The van der Waals surface area contributed by atoms with Crippen LogP contribution in [-0.2, 0) is 11.2 Å². The Morgan fingerprint density at radius 2 is 2.10 bits per heavy atom. The van der Waals surface area contributed by atoms with Crippen LogP contribution in [0.2, 0.25) is 0 Å². The first-order valence-corrected chi connectivity index (χ1v) is 7.65. The smallest absolute Gasteiger partial charge is 0.220 e. The predicted octanol–water partition coefficient (Wildman–Crippen LogP) is 2.90. The van der Waals surface area contributed by atoms with E-state index in [2.05, 4.69) is 37.4 Å². The molecule has 0 bridgehead atoms. The zero-order valence-corrected chi connectivity index (χ0v) is 13.8. The first-order chi connectivity index (χ1) is 9.60. The molecule has 0 radical (unpaired) electrons. The van der Waals surface area contributed by atoms with Gasteiger partial charge in [-0.15, -0.1) is 12.4 Å². The quantitative estimate of drug-likeness (QED) is 0.878. The maximum atomic E-state index is 12.1. The summed E-state index contributed by atoms with van der Waals surface area (Å²) in [4.78, 5) is 12.1. The van der Waals surface area contributed by atoms with E-state index in [0.717, 1.165) is 19.3 Å². The molecule has 1 aromatic carbocycles. The second kappa shape index (κ2) is 8.40. The van der Waals surface area contributed by atoms with Gasteiger partial charge in [0.05, 0.1) is 0 Å². The number of carbonyl (C=O) groups is 1. The van der Waals surface area contributed by atoms with E-state index in [1.165, 1.54) is 23.1 Å². The Morgan fingerprint density at radius 1 is 1.33 bits per heavy atom. The van der Waals surface area contributed by atoms with E-state index in [0.29, 0.717) is 24.9 Å². The molecular formula is C17H27ClN2O. The first-order valence-electron chi connectivity index (χ1n) is 7.65. The summed E-state index contributed by atoms with van der Waals surface area (Å²) < 4.78 is 0. The summed E-state index contributed by atoms with van der Waals surface area (Å²) >= 11 is 0. The molecule has 2 rings (SSSR count). The molecule has 1 amide bonds. The molecule has 1 saturated carbocycles. The highest BCUT2D eigenvalue weighted by molar-refractivity contribution is 5.85. The van der Waals surface area contributed by atoms with Crippen molar-refractivity contribution >= 4 is 18.3 Å². The standard InChI is InChI=1S/C17H26N2O.ClH/c1-12-6-7-14(13(2)10-12)8-9-17(20)19-16-5-3-4-15(16)11-18;/h6-7,10,15-16H,3-5,8-9,11,18H2,1-2H3,(H,19,20);1H. The fraction of sp³-hybridized carbons (Fsp3) is 0.588. The molecule has 118 valence electrons. The third kappa shape index (κ3) is 5.01. The number of rotatable bonds is 5. The van der Waals surface area contributed by atoms with Crippen LogP contribution in [0.4, 0.5) is 0 Å². The van der Waals surface area contributed by atoms with Gasteiger partial charge in [-0.05, 0) is 56.7 Å². The third-order valence-electron chi connectivity index (χ3n) is 4.43. The topological polar surface area (TPSA) is 55.1 Å². The van der Waals surface area contributed by atoms with Crippen LogP contribution in [0.15, 0.2) is 18.2 Å². The van der Waals surface area contributed by atoms with E-state index < -0.39 is 0 Å². The molecule has 1 aliphatic carbocycles. The minimum Gasteiger partial charge on any atom is -0.353 e. The average Bonchev–Trinajstić information content (AvgIpc) is 2.85. The van der Waals surface area contributed by atoms with Crippen molar-refractivity contribution in [3.8, 4) is 0 Å². The molecule has 1 aliphatic rings. The molecule has 0 saturated heterocycles. The molecule has 4 heteroatoms. The highest BCUT2D eigenvalue weighted by atomic mass is 35.5. The maximum Gasteiger partial charge on any atom is 0.220 e. The Morgan fingerprint density at radius 3 is 2.76 bits per heavy atom. The summed E-state index contributed by atoms with van der Waals surface area (Å²) in [6, 6.07) is 6.72. The molecule has 3 N–H and O–H groups in total. The van der Waals surface area contributed by atoms with E-state index in [-0.39, 0.29) is 18.3 Å². The lowest BCUT2D eigenvalue weighted by atomic mass is 10.0. The predicted molar refractivity (Wildman–Crippen MR) is 89.8 cm³/mol. The molecular weight excluding hydrogens is 284 g/mol. The number of aryl methyl sites for hydroxylation is 3. The van der Waals surface area contributed by atoms with Crippen molar-refractivity contribution in [2.75, 3.05) is 6.54 Å². The number of hydrogen-bond acceptors (Lipinski definition) is 2. The molecule has 21 heavy (non-hydrogen) atoms. The highest BCUT2D eigenvalue weighted by Crippen LogP contribution is 2.24. The normalized spacial score (nSPS) is 20.9. The molecule has 1 aromatic rings. The van der Waals surface area contributed by atoms with E-state index in [4.69, 9.17) is 5.73 Å². The summed E-state index contributed by atoms with van der Waals surface area (Å²) in [6.07, 6.45) is 4.80. The zero-order valence-electron chi connectivity index (χ0n) is 13.0. The summed E-state index contributed by atoms with van der Waals surface area (Å²) in [6.45, 7) is 4.89. The van der Waals surface area contributed by atoms with Gasteiger partial charge in [-0.25, -0.2) is 0 Å². The van der Waals surface area contributed by atoms with Crippen LogP contribution in [0.5, 0.6) is 0 Å². The van der Waals surface area contributed by atoms with Crippen molar-refractivity contribution in [1.82, 2.24) is 5.32 Å².